The maximum Gasteiger partial charge on any atom is 0.196 e. The van der Waals surface area contributed by atoms with E-state index >= 15 is 0 Å². The van der Waals surface area contributed by atoms with Gasteiger partial charge in [-0.3, -0.25) is 0 Å². The van der Waals surface area contributed by atoms with Crippen LogP contribution < -0.4 is 5.32 Å². The van der Waals surface area contributed by atoms with Crippen molar-refractivity contribution in [3.05, 3.63) is 40.9 Å². The van der Waals surface area contributed by atoms with Gasteiger partial charge in [0.15, 0.2) is 11.7 Å². The SMILES string of the molecule is CNCCc1ncc(-c2c(C)cc(C)cc2C)o1. The van der Waals surface area contributed by atoms with Gasteiger partial charge in [0.2, 0.25) is 0 Å². The van der Waals surface area contributed by atoms with E-state index in [0.29, 0.717) is 0 Å². The van der Waals surface area contributed by atoms with Crippen molar-refractivity contribution in [2.24, 2.45) is 0 Å². The maximum atomic E-state index is 5.82. The van der Waals surface area contributed by atoms with Crippen molar-refractivity contribution in [1.29, 1.82) is 0 Å². The Kier molecular flexibility index (Phi) is 3.82. The van der Waals surface area contributed by atoms with Gasteiger partial charge < -0.3 is 9.73 Å². The fourth-order valence-corrected chi connectivity index (χ4v) is 2.34. The van der Waals surface area contributed by atoms with Crippen LogP contribution in [0.15, 0.2) is 22.7 Å². The Morgan fingerprint density at radius 2 is 1.83 bits per heavy atom. The molecule has 0 spiro atoms. The highest BCUT2D eigenvalue weighted by Gasteiger charge is 2.11. The number of nitrogens with zero attached hydrogens (tertiary/aromatic N) is 1. The first-order valence-electron chi connectivity index (χ1n) is 6.29. The molecule has 1 N–H and O–H groups in total. The van der Waals surface area contributed by atoms with E-state index in [1.165, 1.54) is 22.3 Å². The first-order chi connectivity index (χ1) is 8.61. The van der Waals surface area contributed by atoms with E-state index in [1.807, 2.05) is 13.2 Å². The molecule has 0 atom stereocenters. The zero-order valence-electron chi connectivity index (χ0n) is 11.5. The summed E-state index contributed by atoms with van der Waals surface area (Å²) < 4.78 is 5.82. The van der Waals surface area contributed by atoms with Crippen molar-refractivity contribution in [1.82, 2.24) is 10.3 Å². The highest BCUT2D eigenvalue weighted by Crippen LogP contribution is 2.28. The topological polar surface area (TPSA) is 38.1 Å². The number of oxazole rings is 1. The van der Waals surface area contributed by atoms with E-state index in [0.717, 1.165) is 24.6 Å². The van der Waals surface area contributed by atoms with E-state index in [1.54, 1.807) is 0 Å². The molecule has 0 amide bonds. The molecule has 18 heavy (non-hydrogen) atoms. The van der Waals surface area contributed by atoms with Crippen molar-refractivity contribution in [2.45, 2.75) is 27.2 Å². The normalized spacial score (nSPS) is 10.9. The monoisotopic (exact) mass is 244 g/mol. The summed E-state index contributed by atoms with van der Waals surface area (Å²) in [5, 5.41) is 3.10. The second kappa shape index (κ2) is 5.36. The molecule has 2 rings (SSSR count). The third-order valence-corrected chi connectivity index (χ3v) is 3.07. The van der Waals surface area contributed by atoms with Crippen LogP contribution >= 0.6 is 0 Å². The van der Waals surface area contributed by atoms with Crippen LogP contribution in [0, 0.1) is 20.8 Å². The molecule has 0 radical (unpaired) electrons. The molecule has 0 aliphatic carbocycles. The smallest absolute Gasteiger partial charge is 0.196 e. The Labute approximate surface area is 108 Å². The summed E-state index contributed by atoms with van der Waals surface area (Å²) in [7, 11) is 1.93. The minimum absolute atomic E-state index is 0.790. The molecule has 0 aliphatic heterocycles. The van der Waals surface area contributed by atoms with Gasteiger partial charge in [0.25, 0.3) is 0 Å². The Morgan fingerprint density at radius 1 is 1.17 bits per heavy atom. The van der Waals surface area contributed by atoms with E-state index in [9.17, 15) is 0 Å². The summed E-state index contributed by atoms with van der Waals surface area (Å²) in [6.45, 7) is 7.23. The van der Waals surface area contributed by atoms with Gasteiger partial charge in [-0.2, -0.15) is 0 Å². The first kappa shape index (κ1) is 12.8. The molecule has 1 aromatic carbocycles. The molecule has 96 valence electrons. The number of aromatic nitrogens is 1. The van der Waals surface area contributed by atoms with Crippen LogP contribution in [0.1, 0.15) is 22.6 Å². The average molecular weight is 244 g/mol. The summed E-state index contributed by atoms with van der Waals surface area (Å²) >= 11 is 0. The van der Waals surface area contributed by atoms with Gasteiger partial charge in [-0.05, 0) is 38.9 Å². The van der Waals surface area contributed by atoms with Crippen molar-refractivity contribution in [2.75, 3.05) is 13.6 Å². The second-order valence-corrected chi connectivity index (χ2v) is 4.75. The van der Waals surface area contributed by atoms with Crippen LogP contribution in [0.3, 0.4) is 0 Å². The van der Waals surface area contributed by atoms with Crippen molar-refractivity contribution < 1.29 is 4.42 Å². The van der Waals surface area contributed by atoms with Gasteiger partial charge in [0, 0.05) is 18.5 Å². The summed E-state index contributed by atoms with van der Waals surface area (Å²) in [6, 6.07) is 4.36. The fourth-order valence-electron chi connectivity index (χ4n) is 2.34. The number of hydrogen-bond donors (Lipinski definition) is 1. The number of aryl methyl sites for hydroxylation is 3. The van der Waals surface area contributed by atoms with E-state index in [2.05, 4.69) is 43.2 Å². The molecule has 3 nitrogen and oxygen atoms in total. The predicted octanol–water partition coefficient (Wildman–Crippen LogP) is 3.03. The van der Waals surface area contributed by atoms with E-state index in [-0.39, 0.29) is 0 Å². The van der Waals surface area contributed by atoms with Gasteiger partial charge in [0.05, 0.1) is 6.20 Å². The minimum atomic E-state index is 0.790. The largest absolute Gasteiger partial charge is 0.441 e. The summed E-state index contributed by atoms with van der Waals surface area (Å²) in [5.41, 5.74) is 4.93. The van der Waals surface area contributed by atoms with Crippen LogP contribution in [-0.2, 0) is 6.42 Å². The van der Waals surface area contributed by atoms with Gasteiger partial charge >= 0.3 is 0 Å². The molecule has 0 saturated carbocycles. The Hall–Kier alpha value is -1.61. The third-order valence-electron chi connectivity index (χ3n) is 3.07. The van der Waals surface area contributed by atoms with Crippen LogP contribution in [0.4, 0.5) is 0 Å². The minimum Gasteiger partial charge on any atom is -0.441 e. The van der Waals surface area contributed by atoms with Crippen LogP contribution in [0.2, 0.25) is 0 Å². The lowest BCUT2D eigenvalue weighted by Crippen LogP contribution is -2.10. The lowest BCUT2D eigenvalue weighted by Gasteiger charge is -2.08. The number of rotatable bonds is 4. The molecule has 1 heterocycles. The number of benzene rings is 1. The lowest BCUT2D eigenvalue weighted by atomic mass is 9.98. The molecule has 0 aliphatic rings. The molecule has 3 heteroatoms. The van der Waals surface area contributed by atoms with Crippen molar-refractivity contribution in [3.63, 3.8) is 0 Å². The number of likely N-dealkylation sites (N-methyl/N-ethyl adjacent to an activating group) is 1. The van der Waals surface area contributed by atoms with Crippen LogP contribution in [-0.4, -0.2) is 18.6 Å². The van der Waals surface area contributed by atoms with Gasteiger partial charge in [-0.1, -0.05) is 17.7 Å². The Morgan fingerprint density at radius 3 is 2.44 bits per heavy atom. The van der Waals surface area contributed by atoms with E-state index < -0.39 is 0 Å². The standard InChI is InChI=1S/C15H20N2O/c1-10-7-11(2)15(12(3)8-10)13-9-17-14(18-13)5-6-16-4/h7-9,16H,5-6H2,1-4H3. The molecular weight excluding hydrogens is 224 g/mol. The maximum absolute atomic E-state index is 5.82. The van der Waals surface area contributed by atoms with Gasteiger partial charge in [0.1, 0.15) is 0 Å². The Bertz CT molecular complexity index is 520. The average Bonchev–Trinajstić information content (AvgIpc) is 2.73. The molecule has 0 saturated heterocycles. The molecule has 0 bridgehead atoms. The summed E-state index contributed by atoms with van der Waals surface area (Å²) in [6.07, 6.45) is 2.65. The van der Waals surface area contributed by atoms with Gasteiger partial charge in [-0.15, -0.1) is 0 Å². The molecule has 0 unspecified atom stereocenters. The quantitative estimate of drug-likeness (QED) is 0.898. The lowest BCUT2D eigenvalue weighted by molar-refractivity contribution is 0.500. The van der Waals surface area contributed by atoms with E-state index in [4.69, 9.17) is 4.42 Å². The second-order valence-electron chi connectivity index (χ2n) is 4.75. The Balaban J connectivity index is 2.34. The zero-order chi connectivity index (χ0) is 13.1. The van der Waals surface area contributed by atoms with Crippen LogP contribution in [0.5, 0.6) is 0 Å². The van der Waals surface area contributed by atoms with Gasteiger partial charge in [-0.25, -0.2) is 4.98 Å². The molecule has 2 aromatic rings. The van der Waals surface area contributed by atoms with Crippen molar-refractivity contribution in [3.8, 4) is 11.3 Å². The number of hydrogen-bond acceptors (Lipinski definition) is 3. The molecule has 0 fully saturated rings. The first-order valence-corrected chi connectivity index (χ1v) is 6.29. The zero-order valence-corrected chi connectivity index (χ0v) is 11.5. The van der Waals surface area contributed by atoms with Crippen molar-refractivity contribution >= 4 is 0 Å². The number of nitrogens with one attached hydrogen (secondary N) is 1. The predicted molar refractivity (Wildman–Crippen MR) is 73.8 cm³/mol. The highest BCUT2D eigenvalue weighted by atomic mass is 16.4. The third kappa shape index (κ3) is 2.62. The fraction of sp³-hybridized carbons (Fsp3) is 0.400. The molecular formula is C15H20N2O. The molecule has 1 aromatic heterocycles. The summed E-state index contributed by atoms with van der Waals surface area (Å²) in [5.74, 6) is 1.66. The highest BCUT2D eigenvalue weighted by molar-refractivity contribution is 5.66. The van der Waals surface area contributed by atoms with Crippen LogP contribution in [0.25, 0.3) is 11.3 Å². The summed E-state index contributed by atoms with van der Waals surface area (Å²) in [4.78, 5) is 4.33.